The van der Waals surface area contributed by atoms with E-state index in [1.54, 1.807) is 32.0 Å². The predicted molar refractivity (Wildman–Crippen MR) is 127 cm³/mol. The molecule has 1 atom stereocenters. The van der Waals surface area contributed by atoms with Crippen LogP contribution in [0.2, 0.25) is 0 Å². The summed E-state index contributed by atoms with van der Waals surface area (Å²) in [5.41, 5.74) is 8.58. The van der Waals surface area contributed by atoms with E-state index in [0.29, 0.717) is 23.4 Å². The summed E-state index contributed by atoms with van der Waals surface area (Å²) >= 11 is 0. The van der Waals surface area contributed by atoms with E-state index in [1.165, 1.54) is 6.07 Å². The summed E-state index contributed by atoms with van der Waals surface area (Å²) < 4.78 is 20.2. The molecule has 0 saturated carbocycles. The Bertz CT molecular complexity index is 1250. The third-order valence-electron chi connectivity index (χ3n) is 5.40. The molecule has 0 aliphatic carbocycles. The molecule has 170 valence electrons. The van der Waals surface area contributed by atoms with Gasteiger partial charge in [0.05, 0.1) is 36.0 Å². The van der Waals surface area contributed by atoms with Crippen LogP contribution in [-0.2, 0) is 16.1 Å². The highest BCUT2D eigenvalue weighted by Gasteiger charge is 2.27. The molecular weight excluding hydrogens is 419 g/mol. The van der Waals surface area contributed by atoms with Crippen LogP contribution in [0.5, 0.6) is 0 Å². The summed E-state index contributed by atoms with van der Waals surface area (Å²) in [7, 11) is 0. The SMILES string of the molecule is CC(C)(N)C(=O)NC(COCc1ccccc1)c1[nH]nc2cc(-c3ccccc3F)ccc12. The molecule has 7 heteroatoms. The van der Waals surface area contributed by atoms with Gasteiger partial charge < -0.3 is 15.8 Å². The molecule has 0 spiro atoms. The number of benzene rings is 3. The van der Waals surface area contributed by atoms with Crippen LogP contribution in [0.15, 0.2) is 72.8 Å². The van der Waals surface area contributed by atoms with Crippen molar-refractivity contribution in [3.05, 3.63) is 89.9 Å². The predicted octanol–water partition coefficient (Wildman–Crippen LogP) is 4.48. The fraction of sp³-hybridized carbons (Fsp3) is 0.231. The molecule has 6 nitrogen and oxygen atoms in total. The number of hydrogen-bond acceptors (Lipinski definition) is 4. The molecule has 1 heterocycles. The number of fused-ring (bicyclic) bond motifs is 1. The van der Waals surface area contributed by atoms with Crippen LogP contribution in [0, 0.1) is 5.82 Å². The topological polar surface area (TPSA) is 93.0 Å². The number of nitrogens with two attached hydrogens (primary N) is 1. The van der Waals surface area contributed by atoms with E-state index in [4.69, 9.17) is 10.5 Å². The quantitative estimate of drug-likeness (QED) is 0.372. The maximum Gasteiger partial charge on any atom is 0.240 e. The van der Waals surface area contributed by atoms with E-state index in [9.17, 15) is 9.18 Å². The van der Waals surface area contributed by atoms with E-state index < -0.39 is 11.6 Å². The molecule has 3 aromatic carbocycles. The van der Waals surface area contributed by atoms with E-state index in [0.717, 1.165) is 16.5 Å². The average Bonchev–Trinajstić information content (AvgIpc) is 3.22. The van der Waals surface area contributed by atoms with Crippen molar-refractivity contribution >= 4 is 16.8 Å². The molecule has 1 aromatic heterocycles. The van der Waals surface area contributed by atoms with E-state index in [1.807, 2.05) is 48.5 Å². The maximum absolute atomic E-state index is 14.2. The lowest BCUT2D eigenvalue weighted by atomic mass is 10.0. The second-order valence-electron chi connectivity index (χ2n) is 8.60. The molecular formula is C26H27FN4O2. The molecule has 4 N–H and O–H groups in total. The van der Waals surface area contributed by atoms with Gasteiger partial charge in [0.1, 0.15) is 5.82 Å². The molecule has 1 unspecified atom stereocenters. The molecule has 0 aliphatic rings. The minimum absolute atomic E-state index is 0.225. The van der Waals surface area contributed by atoms with Crippen LogP contribution in [0.4, 0.5) is 4.39 Å². The average molecular weight is 447 g/mol. The maximum atomic E-state index is 14.2. The van der Waals surface area contributed by atoms with Crippen LogP contribution in [0.1, 0.15) is 31.1 Å². The van der Waals surface area contributed by atoms with Crippen molar-refractivity contribution in [1.29, 1.82) is 0 Å². The summed E-state index contributed by atoms with van der Waals surface area (Å²) in [6.45, 7) is 3.93. The number of halogens is 1. The highest BCUT2D eigenvalue weighted by molar-refractivity contribution is 5.89. The van der Waals surface area contributed by atoms with Gasteiger partial charge in [-0.05, 0) is 37.1 Å². The number of ether oxygens (including phenoxy) is 1. The Labute approximate surface area is 192 Å². The van der Waals surface area contributed by atoms with Gasteiger partial charge in [0.15, 0.2) is 0 Å². The Morgan fingerprint density at radius 1 is 1.12 bits per heavy atom. The largest absolute Gasteiger partial charge is 0.374 e. The Balaban J connectivity index is 1.61. The third kappa shape index (κ3) is 5.27. The van der Waals surface area contributed by atoms with Gasteiger partial charge >= 0.3 is 0 Å². The summed E-state index contributed by atoms with van der Waals surface area (Å²) in [4.78, 5) is 12.6. The van der Waals surface area contributed by atoms with Crippen molar-refractivity contribution in [1.82, 2.24) is 15.5 Å². The summed E-state index contributed by atoms with van der Waals surface area (Å²) in [5.74, 6) is -0.598. The summed E-state index contributed by atoms with van der Waals surface area (Å²) in [5, 5.41) is 11.2. The molecule has 1 amide bonds. The van der Waals surface area contributed by atoms with Gasteiger partial charge in [-0.1, -0.05) is 60.7 Å². The lowest BCUT2D eigenvalue weighted by Crippen LogP contribution is -2.50. The van der Waals surface area contributed by atoms with E-state index in [-0.39, 0.29) is 18.3 Å². The van der Waals surface area contributed by atoms with Gasteiger partial charge in [-0.2, -0.15) is 5.10 Å². The first-order valence-corrected chi connectivity index (χ1v) is 10.8. The highest BCUT2D eigenvalue weighted by Crippen LogP contribution is 2.29. The standard InChI is InChI=1S/C26H27FN4O2/c1-26(2,28)25(32)29-23(16-33-15-17-8-4-3-5-9-17)24-20-13-12-18(14-22(20)30-31-24)19-10-6-7-11-21(19)27/h3-14,23H,15-16,28H2,1-2H3,(H,29,32)(H,30,31). The van der Waals surface area contributed by atoms with Crippen LogP contribution >= 0.6 is 0 Å². The zero-order chi connectivity index (χ0) is 23.4. The van der Waals surface area contributed by atoms with E-state index in [2.05, 4.69) is 15.5 Å². The second-order valence-corrected chi connectivity index (χ2v) is 8.60. The van der Waals surface area contributed by atoms with Gasteiger partial charge in [-0.3, -0.25) is 9.89 Å². The molecule has 0 fully saturated rings. The first-order valence-electron chi connectivity index (χ1n) is 10.8. The number of carbonyl (C=O) groups is 1. The molecule has 0 saturated heterocycles. The van der Waals surface area contributed by atoms with Crippen molar-refractivity contribution in [3.63, 3.8) is 0 Å². The summed E-state index contributed by atoms with van der Waals surface area (Å²) in [6.07, 6.45) is 0. The van der Waals surface area contributed by atoms with Crippen LogP contribution in [0.3, 0.4) is 0 Å². The number of hydrogen-bond donors (Lipinski definition) is 3. The first kappa shape index (κ1) is 22.6. The van der Waals surface area contributed by atoms with Crippen molar-refractivity contribution in [2.24, 2.45) is 5.73 Å². The molecule has 4 aromatic rings. The molecule has 0 aliphatic heterocycles. The number of H-pyrrole nitrogens is 1. The normalized spacial score (nSPS) is 12.6. The van der Waals surface area contributed by atoms with Crippen molar-refractivity contribution in [2.75, 3.05) is 6.61 Å². The zero-order valence-corrected chi connectivity index (χ0v) is 18.6. The lowest BCUT2D eigenvalue weighted by molar-refractivity contribution is -0.126. The second kappa shape index (κ2) is 9.52. The smallest absolute Gasteiger partial charge is 0.240 e. The highest BCUT2D eigenvalue weighted by atomic mass is 19.1. The van der Waals surface area contributed by atoms with Crippen molar-refractivity contribution in [3.8, 4) is 11.1 Å². The number of aromatic amines is 1. The van der Waals surface area contributed by atoms with Gasteiger partial charge in [-0.25, -0.2) is 4.39 Å². The number of nitrogens with zero attached hydrogens (tertiary/aromatic N) is 1. The van der Waals surface area contributed by atoms with Crippen LogP contribution in [-0.4, -0.2) is 28.3 Å². The minimum Gasteiger partial charge on any atom is -0.374 e. The van der Waals surface area contributed by atoms with Gasteiger partial charge in [-0.15, -0.1) is 0 Å². The molecule has 0 bridgehead atoms. The Kier molecular flexibility index (Phi) is 6.53. The number of rotatable bonds is 8. The van der Waals surface area contributed by atoms with Gasteiger partial charge in [0, 0.05) is 10.9 Å². The number of amides is 1. The van der Waals surface area contributed by atoms with Gasteiger partial charge in [0.2, 0.25) is 5.91 Å². The van der Waals surface area contributed by atoms with Crippen LogP contribution < -0.4 is 11.1 Å². The molecule has 0 radical (unpaired) electrons. The first-order chi connectivity index (χ1) is 15.8. The number of nitrogens with one attached hydrogen (secondary N) is 2. The fourth-order valence-electron chi connectivity index (χ4n) is 3.57. The van der Waals surface area contributed by atoms with Crippen LogP contribution in [0.25, 0.3) is 22.0 Å². The molecule has 33 heavy (non-hydrogen) atoms. The Hall–Kier alpha value is -3.55. The third-order valence-corrected chi connectivity index (χ3v) is 5.40. The molecule has 4 rings (SSSR count). The monoisotopic (exact) mass is 446 g/mol. The minimum atomic E-state index is -1.05. The number of aromatic nitrogens is 2. The van der Waals surface area contributed by atoms with Crippen molar-refractivity contribution in [2.45, 2.75) is 32.0 Å². The van der Waals surface area contributed by atoms with Gasteiger partial charge in [0.25, 0.3) is 0 Å². The lowest BCUT2D eigenvalue weighted by Gasteiger charge is -2.24. The zero-order valence-electron chi connectivity index (χ0n) is 18.6. The van der Waals surface area contributed by atoms with Crippen molar-refractivity contribution < 1.29 is 13.9 Å². The summed E-state index contributed by atoms with van der Waals surface area (Å²) in [6, 6.07) is 21.5. The van der Waals surface area contributed by atoms with E-state index >= 15 is 0 Å². The Morgan fingerprint density at radius 3 is 2.58 bits per heavy atom. The number of carbonyl (C=O) groups excluding carboxylic acids is 1. The Morgan fingerprint density at radius 2 is 1.85 bits per heavy atom. The fourth-order valence-corrected chi connectivity index (χ4v) is 3.57.